The van der Waals surface area contributed by atoms with Crippen LogP contribution in [0, 0.1) is 0 Å². The maximum absolute atomic E-state index is 2.51. The largest absolute Gasteiger partial charge is 0.310 e. The summed E-state index contributed by atoms with van der Waals surface area (Å²) in [5, 5.41) is 5.07. The van der Waals surface area contributed by atoms with Crippen molar-refractivity contribution in [3.8, 4) is 39.1 Å². The Kier molecular flexibility index (Phi) is 7.36. The van der Waals surface area contributed by atoms with Gasteiger partial charge in [-0.25, -0.2) is 0 Å². The summed E-state index contributed by atoms with van der Waals surface area (Å²) in [7, 11) is 0. The van der Waals surface area contributed by atoms with Gasteiger partial charge in [0, 0.05) is 44.4 Å². The van der Waals surface area contributed by atoms with Crippen molar-refractivity contribution in [2.45, 2.75) is 38.5 Å². The minimum absolute atomic E-state index is 0.141. The van der Waals surface area contributed by atoms with Crippen molar-refractivity contribution in [2.75, 3.05) is 4.90 Å². The Labute approximate surface area is 351 Å². The van der Waals surface area contributed by atoms with Crippen LogP contribution in [0.15, 0.2) is 194 Å². The first-order chi connectivity index (χ1) is 29.3. The summed E-state index contributed by atoms with van der Waals surface area (Å²) in [6, 6.07) is 72.5. The molecular formula is C58H44N2. The highest BCUT2D eigenvalue weighted by atomic mass is 15.1. The Bertz CT molecular complexity index is 3270. The number of benzene rings is 9. The number of fused-ring (bicyclic) bond motifs is 11. The topological polar surface area (TPSA) is 8.17 Å². The third kappa shape index (κ3) is 4.94. The van der Waals surface area contributed by atoms with Crippen LogP contribution < -0.4 is 4.90 Å². The van der Waals surface area contributed by atoms with E-state index in [9.17, 15) is 0 Å². The van der Waals surface area contributed by atoms with Crippen LogP contribution in [0.1, 0.15) is 49.9 Å². The maximum atomic E-state index is 2.51. The van der Waals surface area contributed by atoms with Crippen LogP contribution in [-0.2, 0) is 10.8 Å². The lowest BCUT2D eigenvalue weighted by Gasteiger charge is -2.30. The van der Waals surface area contributed by atoms with Gasteiger partial charge >= 0.3 is 0 Å². The van der Waals surface area contributed by atoms with E-state index in [4.69, 9.17) is 0 Å². The van der Waals surface area contributed by atoms with Gasteiger partial charge in [-0.1, -0.05) is 167 Å². The molecule has 0 radical (unpaired) electrons. The molecule has 12 rings (SSSR count). The molecule has 0 saturated heterocycles. The first kappa shape index (κ1) is 34.8. The van der Waals surface area contributed by atoms with Crippen molar-refractivity contribution in [1.29, 1.82) is 0 Å². The molecule has 1 heterocycles. The standard InChI is InChI=1S/C58H44N2/c1-57(2)50-23-13-10-20-45(50)47-29-27-40(35-52(47)57)59(41-28-30-48-46-21-11-14-24-51(46)58(3,4)53(48)36-41)42-32-39(37-16-6-5-7-17-37)33-43(34-42)60-54-25-15-12-22-49(54)56-44-19-9-8-18-38(44)26-31-55(56)60/h5-36H,1-4H3. The molecule has 2 nitrogen and oxygen atoms in total. The molecule has 0 spiro atoms. The molecule has 286 valence electrons. The molecule has 0 unspecified atom stereocenters. The van der Waals surface area contributed by atoms with Gasteiger partial charge in [-0.05, 0) is 121 Å². The van der Waals surface area contributed by atoms with Crippen molar-refractivity contribution in [3.63, 3.8) is 0 Å². The first-order valence-corrected chi connectivity index (χ1v) is 21.2. The fourth-order valence-corrected chi connectivity index (χ4v) is 10.8. The van der Waals surface area contributed by atoms with Crippen molar-refractivity contribution in [3.05, 3.63) is 216 Å². The van der Waals surface area contributed by atoms with E-state index in [1.54, 1.807) is 0 Å². The second-order valence-electron chi connectivity index (χ2n) is 17.8. The summed E-state index contributed by atoms with van der Waals surface area (Å²) in [5.74, 6) is 0. The molecule has 2 aliphatic rings. The van der Waals surface area contributed by atoms with E-state index in [-0.39, 0.29) is 10.8 Å². The fourth-order valence-electron chi connectivity index (χ4n) is 10.8. The lowest BCUT2D eigenvalue weighted by molar-refractivity contribution is 0.660. The number of nitrogens with zero attached hydrogens (tertiary/aromatic N) is 2. The Morgan fingerprint density at radius 1 is 0.367 bits per heavy atom. The second-order valence-corrected chi connectivity index (χ2v) is 17.8. The molecule has 0 aliphatic heterocycles. The SMILES string of the molecule is CC1(C)c2ccccc2-c2ccc(N(c3cc(-c4ccccc4)cc(-n4c5ccccc5c5c6ccccc6ccc54)c3)c3ccc4c(c3)C(C)(C)c3ccccc3-4)cc21. The van der Waals surface area contributed by atoms with E-state index >= 15 is 0 Å². The summed E-state index contributed by atoms with van der Waals surface area (Å²) in [6.45, 7) is 9.50. The Morgan fingerprint density at radius 2 is 0.917 bits per heavy atom. The summed E-state index contributed by atoms with van der Waals surface area (Å²) < 4.78 is 2.48. The zero-order chi connectivity index (χ0) is 40.3. The van der Waals surface area contributed by atoms with Gasteiger partial charge in [0.05, 0.1) is 11.0 Å². The van der Waals surface area contributed by atoms with Gasteiger partial charge in [0.15, 0.2) is 0 Å². The quantitative estimate of drug-likeness (QED) is 0.169. The number of anilines is 3. The molecule has 60 heavy (non-hydrogen) atoms. The van der Waals surface area contributed by atoms with Crippen molar-refractivity contribution in [2.24, 2.45) is 0 Å². The normalized spacial score (nSPS) is 14.3. The summed E-state index contributed by atoms with van der Waals surface area (Å²) in [4.78, 5) is 2.51. The van der Waals surface area contributed by atoms with Gasteiger partial charge in [-0.15, -0.1) is 0 Å². The molecule has 10 aromatic rings. The highest BCUT2D eigenvalue weighted by Gasteiger charge is 2.38. The third-order valence-electron chi connectivity index (χ3n) is 13.7. The van der Waals surface area contributed by atoms with Crippen molar-refractivity contribution in [1.82, 2.24) is 4.57 Å². The first-order valence-electron chi connectivity index (χ1n) is 21.2. The minimum atomic E-state index is -0.141. The van der Waals surface area contributed by atoms with E-state index in [1.165, 1.54) is 88.2 Å². The fraction of sp³-hybridized carbons (Fsp3) is 0.103. The lowest BCUT2D eigenvalue weighted by atomic mass is 9.82. The molecule has 1 aromatic heterocycles. The molecule has 9 aromatic carbocycles. The highest BCUT2D eigenvalue weighted by Crippen LogP contribution is 2.53. The average molecular weight is 769 g/mol. The van der Waals surface area contributed by atoms with E-state index in [0.29, 0.717) is 0 Å². The molecule has 0 saturated carbocycles. The van der Waals surface area contributed by atoms with Gasteiger partial charge < -0.3 is 9.47 Å². The summed E-state index contributed by atoms with van der Waals surface area (Å²) >= 11 is 0. The Hall–Kier alpha value is -7.16. The number of para-hydroxylation sites is 1. The van der Waals surface area contributed by atoms with Gasteiger partial charge in [0.25, 0.3) is 0 Å². The third-order valence-corrected chi connectivity index (χ3v) is 13.7. The smallest absolute Gasteiger partial charge is 0.0547 e. The summed E-state index contributed by atoms with van der Waals surface area (Å²) in [6.07, 6.45) is 0. The van der Waals surface area contributed by atoms with Gasteiger partial charge in [-0.2, -0.15) is 0 Å². The van der Waals surface area contributed by atoms with E-state index in [2.05, 4.69) is 231 Å². The van der Waals surface area contributed by atoms with E-state index in [0.717, 1.165) is 22.7 Å². The van der Waals surface area contributed by atoms with E-state index < -0.39 is 0 Å². The van der Waals surface area contributed by atoms with Crippen LogP contribution in [0.5, 0.6) is 0 Å². The maximum Gasteiger partial charge on any atom is 0.0547 e. The molecule has 0 N–H and O–H groups in total. The molecule has 0 amide bonds. The highest BCUT2D eigenvalue weighted by molar-refractivity contribution is 6.21. The Morgan fingerprint density at radius 3 is 1.58 bits per heavy atom. The lowest BCUT2D eigenvalue weighted by Crippen LogP contribution is -2.18. The number of hydrogen-bond donors (Lipinski definition) is 0. The van der Waals surface area contributed by atoms with Crippen molar-refractivity contribution < 1.29 is 0 Å². The average Bonchev–Trinajstić information content (AvgIpc) is 3.84. The summed E-state index contributed by atoms with van der Waals surface area (Å²) in [5.41, 5.74) is 19.8. The zero-order valence-electron chi connectivity index (χ0n) is 34.4. The molecular weight excluding hydrogens is 725 g/mol. The zero-order valence-corrected chi connectivity index (χ0v) is 34.4. The minimum Gasteiger partial charge on any atom is -0.310 e. The van der Waals surface area contributed by atoms with Crippen LogP contribution in [0.4, 0.5) is 17.1 Å². The predicted octanol–water partition coefficient (Wildman–Crippen LogP) is 15.7. The molecule has 2 aliphatic carbocycles. The van der Waals surface area contributed by atoms with Gasteiger partial charge in [0.2, 0.25) is 0 Å². The monoisotopic (exact) mass is 768 g/mol. The number of rotatable bonds is 5. The van der Waals surface area contributed by atoms with Crippen LogP contribution in [0.2, 0.25) is 0 Å². The van der Waals surface area contributed by atoms with Crippen molar-refractivity contribution >= 4 is 49.6 Å². The number of aromatic nitrogens is 1. The molecule has 0 atom stereocenters. The van der Waals surface area contributed by atoms with Gasteiger partial charge in [-0.3, -0.25) is 0 Å². The van der Waals surface area contributed by atoms with E-state index in [1.807, 2.05) is 0 Å². The molecule has 0 bridgehead atoms. The Balaban J connectivity index is 1.15. The predicted molar refractivity (Wildman–Crippen MR) is 254 cm³/mol. The number of hydrogen-bond acceptors (Lipinski definition) is 1. The van der Waals surface area contributed by atoms with Crippen LogP contribution >= 0.6 is 0 Å². The second kappa shape index (κ2) is 12.7. The molecule has 2 heteroatoms. The van der Waals surface area contributed by atoms with Crippen LogP contribution in [0.25, 0.3) is 71.6 Å². The van der Waals surface area contributed by atoms with Crippen LogP contribution in [0.3, 0.4) is 0 Å². The van der Waals surface area contributed by atoms with Gasteiger partial charge in [0.1, 0.15) is 0 Å². The molecule has 0 fully saturated rings. The van der Waals surface area contributed by atoms with Crippen LogP contribution in [-0.4, -0.2) is 4.57 Å².